The number of benzene rings is 2. The molecule has 0 saturated carbocycles. The van der Waals surface area contributed by atoms with Crippen LogP contribution in [0.1, 0.15) is 53.2 Å². The van der Waals surface area contributed by atoms with Gasteiger partial charge in [0.15, 0.2) is 0 Å². The lowest BCUT2D eigenvalue weighted by atomic mass is 9.92. The number of urea groups is 1. The third-order valence-corrected chi connectivity index (χ3v) is 5.89. The number of aromatic nitrogens is 2. The second-order valence-corrected chi connectivity index (χ2v) is 10.2. The largest absolute Gasteiger partial charge is 0.494 e. The van der Waals surface area contributed by atoms with Crippen LogP contribution in [0.15, 0.2) is 54.6 Å². The molecular weight excluding hydrogens is 490 g/mol. The normalized spacial score (nSPS) is 11.2. The van der Waals surface area contributed by atoms with Gasteiger partial charge in [-0.25, -0.2) is 9.48 Å². The number of nitrogens with one attached hydrogen (secondary N) is 2. The first-order chi connectivity index (χ1) is 17.6. The molecule has 0 aliphatic carbocycles. The summed E-state index contributed by atoms with van der Waals surface area (Å²) in [5.41, 5.74) is 2.01. The number of rotatable bonds is 10. The van der Waals surface area contributed by atoms with Crippen molar-refractivity contribution in [3.05, 3.63) is 65.3 Å². The van der Waals surface area contributed by atoms with Crippen LogP contribution >= 0.6 is 11.6 Å². The minimum absolute atomic E-state index is 0.0977. The van der Waals surface area contributed by atoms with Gasteiger partial charge in [-0.2, -0.15) is 5.10 Å². The number of amides is 3. The lowest BCUT2D eigenvalue weighted by Gasteiger charge is -2.22. The van der Waals surface area contributed by atoms with E-state index in [-0.39, 0.29) is 23.9 Å². The molecule has 0 atom stereocenters. The number of unbranched alkanes of at least 4 members (excludes halogenated alkanes) is 1. The standard InChI is InChI=1S/C28H36ClN5O3/c1-6-8-17-33(27(36)30-21-11-15-23(16-12-21)37-7-2)19-26(35)31-25-18-24(28(3,4)5)32-34(25)22-13-9-20(29)10-14-22/h9-16,18H,6-8,17,19H2,1-5H3,(H,30,36)(H,31,35). The topological polar surface area (TPSA) is 88.5 Å². The predicted octanol–water partition coefficient (Wildman–Crippen LogP) is 6.49. The molecule has 8 nitrogen and oxygen atoms in total. The predicted molar refractivity (Wildman–Crippen MR) is 149 cm³/mol. The molecule has 0 bridgehead atoms. The molecule has 0 aliphatic heterocycles. The van der Waals surface area contributed by atoms with Gasteiger partial charge < -0.3 is 20.3 Å². The molecule has 3 amide bonds. The first-order valence-corrected chi connectivity index (χ1v) is 12.9. The van der Waals surface area contributed by atoms with Gasteiger partial charge >= 0.3 is 6.03 Å². The van der Waals surface area contributed by atoms with Gasteiger partial charge in [0.25, 0.3) is 0 Å². The van der Waals surface area contributed by atoms with Gasteiger partial charge in [0.05, 0.1) is 18.0 Å². The quantitative estimate of drug-likeness (QED) is 0.316. The fraction of sp³-hybridized carbons (Fsp3) is 0.393. The first kappa shape index (κ1) is 28.1. The van der Waals surface area contributed by atoms with Crippen molar-refractivity contribution >= 4 is 35.0 Å². The van der Waals surface area contributed by atoms with Crippen LogP contribution in [0.5, 0.6) is 5.75 Å². The van der Waals surface area contributed by atoms with Crippen molar-refractivity contribution in [2.75, 3.05) is 30.3 Å². The highest BCUT2D eigenvalue weighted by Crippen LogP contribution is 2.27. The van der Waals surface area contributed by atoms with E-state index in [0.29, 0.717) is 29.7 Å². The van der Waals surface area contributed by atoms with E-state index in [0.717, 1.165) is 30.0 Å². The smallest absolute Gasteiger partial charge is 0.322 e. The zero-order valence-corrected chi connectivity index (χ0v) is 22.9. The van der Waals surface area contributed by atoms with Gasteiger partial charge in [-0.1, -0.05) is 45.7 Å². The number of halogens is 1. The number of carbonyl (C=O) groups is 2. The molecular formula is C28H36ClN5O3. The van der Waals surface area contributed by atoms with Crippen LogP contribution < -0.4 is 15.4 Å². The highest BCUT2D eigenvalue weighted by atomic mass is 35.5. The summed E-state index contributed by atoms with van der Waals surface area (Å²) in [7, 11) is 0. The Bertz CT molecular complexity index is 1180. The van der Waals surface area contributed by atoms with Crippen molar-refractivity contribution in [1.82, 2.24) is 14.7 Å². The van der Waals surface area contributed by atoms with Crippen molar-refractivity contribution in [2.24, 2.45) is 0 Å². The van der Waals surface area contributed by atoms with Crippen molar-refractivity contribution in [2.45, 2.75) is 52.9 Å². The average molecular weight is 526 g/mol. The summed E-state index contributed by atoms with van der Waals surface area (Å²) in [5, 5.41) is 11.2. The Hall–Kier alpha value is -3.52. The molecule has 3 rings (SSSR count). The monoisotopic (exact) mass is 525 g/mol. The fourth-order valence-electron chi connectivity index (χ4n) is 3.58. The van der Waals surface area contributed by atoms with E-state index in [4.69, 9.17) is 21.4 Å². The molecule has 1 heterocycles. The minimum Gasteiger partial charge on any atom is -0.494 e. The van der Waals surface area contributed by atoms with Crippen LogP contribution in [0.25, 0.3) is 5.69 Å². The number of hydrogen-bond donors (Lipinski definition) is 2. The summed E-state index contributed by atoms with van der Waals surface area (Å²) in [6.45, 7) is 11.1. The lowest BCUT2D eigenvalue weighted by Crippen LogP contribution is -2.41. The van der Waals surface area contributed by atoms with Gasteiger partial charge in [-0.05, 0) is 61.9 Å². The highest BCUT2D eigenvalue weighted by Gasteiger charge is 2.23. The SMILES string of the molecule is CCCCN(CC(=O)Nc1cc(C(C)(C)C)nn1-c1ccc(Cl)cc1)C(=O)Nc1ccc(OCC)cc1. The third-order valence-electron chi connectivity index (χ3n) is 5.64. The lowest BCUT2D eigenvalue weighted by molar-refractivity contribution is -0.116. The van der Waals surface area contributed by atoms with Gasteiger partial charge in [0.2, 0.25) is 5.91 Å². The Balaban J connectivity index is 1.76. The van der Waals surface area contributed by atoms with Crippen molar-refractivity contribution in [3.63, 3.8) is 0 Å². The molecule has 0 radical (unpaired) electrons. The summed E-state index contributed by atoms with van der Waals surface area (Å²) >= 11 is 6.06. The van der Waals surface area contributed by atoms with E-state index in [2.05, 4.69) is 31.4 Å². The van der Waals surface area contributed by atoms with Gasteiger partial charge in [-0.15, -0.1) is 0 Å². The zero-order chi connectivity index (χ0) is 27.0. The third kappa shape index (κ3) is 7.98. The molecule has 1 aromatic heterocycles. The van der Waals surface area contributed by atoms with E-state index in [1.165, 1.54) is 4.90 Å². The highest BCUT2D eigenvalue weighted by molar-refractivity contribution is 6.30. The van der Waals surface area contributed by atoms with Crippen LogP contribution in [0, 0.1) is 0 Å². The van der Waals surface area contributed by atoms with Crippen LogP contribution in [0.4, 0.5) is 16.3 Å². The maximum atomic E-state index is 13.1. The molecule has 0 unspecified atom stereocenters. The second-order valence-electron chi connectivity index (χ2n) is 9.76. The zero-order valence-electron chi connectivity index (χ0n) is 22.2. The molecule has 9 heteroatoms. The van der Waals surface area contributed by atoms with E-state index < -0.39 is 0 Å². The summed E-state index contributed by atoms with van der Waals surface area (Å²) < 4.78 is 7.14. The fourth-order valence-corrected chi connectivity index (χ4v) is 3.70. The Kier molecular flexibility index (Phi) is 9.58. The maximum absolute atomic E-state index is 13.1. The Morgan fingerprint density at radius 3 is 2.30 bits per heavy atom. The molecule has 0 saturated heterocycles. The van der Waals surface area contributed by atoms with E-state index in [9.17, 15) is 9.59 Å². The molecule has 2 aromatic carbocycles. The Morgan fingerprint density at radius 2 is 1.70 bits per heavy atom. The average Bonchev–Trinajstić information content (AvgIpc) is 3.27. The van der Waals surface area contributed by atoms with Gasteiger partial charge in [0.1, 0.15) is 18.1 Å². The van der Waals surface area contributed by atoms with Crippen LogP contribution in [-0.4, -0.2) is 46.3 Å². The van der Waals surface area contributed by atoms with Gasteiger partial charge in [0, 0.05) is 28.7 Å². The number of carbonyl (C=O) groups excluding carboxylic acids is 2. The maximum Gasteiger partial charge on any atom is 0.322 e. The number of anilines is 2. The number of hydrogen-bond acceptors (Lipinski definition) is 4. The van der Waals surface area contributed by atoms with Crippen molar-refractivity contribution < 1.29 is 14.3 Å². The number of nitrogens with zero attached hydrogens (tertiary/aromatic N) is 3. The Morgan fingerprint density at radius 1 is 1.03 bits per heavy atom. The number of ether oxygens (including phenoxy) is 1. The molecule has 2 N–H and O–H groups in total. The summed E-state index contributed by atoms with van der Waals surface area (Å²) in [6, 6.07) is 15.9. The molecule has 3 aromatic rings. The van der Waals surface area contributed by atoms with Crippen LogP contribution in [0.2, 0.25) is 5.02 Å². The summed E-state index contributed by atoms with van der Waals surface area (Å²) in [4.78, 5) is 27.7. The molecule has 0 fully saturated rings. The first-order valence-electron chi connectivity index (χ1n) is 12.6. The van der Waals surface area contributed by atoms with E-state index in [1.54, 1.807) is 41.1 Å². The Labute approximate surface area is 223 Å². The molecule has 37 heavy (non-hydrogen) atoms. The van der Waals surface area contributed by atoms with Gasteiger partial charge in [-0.3, -0.25) is 4.79 Å². The van der Waals surface area contributed by atoms with Crippen molar-refractivity contribution in [1.29, 1.82) is 0 Å². The van der Waals surface area contributed by atoms with Crippen LogP contribution in [-0.2, 0) is 10.2 Å². The van der Waals surface area contributed by atoms with E-state index >= 15 is 0 Å². The van der Waals surface area contributed by atoms with Crippen molar-refractivity contribution in [3.8, 4) is 11.4 Å². The molecule has 0 aliphatic rings. The summed E-state index contributed by atoms with van der Waals surface area (Å²) in [6.07, 6.45) is 1.67. The minimum atomic E-state index is -0.339. The summed E-state index contributed by atoms with van der Waals surface area (Å²) in [5.74, 6) is 0.947. The van der Waals surface area contributed by atoms with Crippen LogP contribution in [0.3, 0.4) is 0 Å². The van der Waals surface area contributed by atoms with E-state index in [1.807, 2.05) is 32.0 Å². The molecule has 0 spiro atoms. The second kappa shape index (κ2) is 12.6. The molecule has 198 valence electrons.